The molecule has 0 saturated heterocycles. The van der Waals surface area contributed by atoms with Crippen molar-refractivity contribution in [3.8, 4) is 0 Å². The Morgan fingerprint density at radius 3 is 2.93 bits per heavy atom. The zero-order valence-electron chi connectivity index (χ0n) is 8.27. The van der Waals surface area contributed by atoms with Crippen LogP contribution < -0.4 is 11.4 Å². The van der Waals surface area contributed by atoms with Crippen LogP contribution >= 0.6 is 0 Å². The minimum atomic E-state index is -0.615. The van der Waals surface area contributed by atoms with Crippen LogP contribution in [-0.2, 0) is 6.54 Å². The maximum Gasteiger partial charge on any atom is 0.349 e. The van der Waals surface area contributed by atoms with Gasteiger partial charge in [-0.25, -0.2) is 9.18 Å². The number of aliphatic hydroxyl groups is 1. The summed E-state index contributed by atoms with van der Waals surface area (Å²) in [5.41, 5.74) is 4.85. The second-order valence-corrected chi connectivity index (χ2v) is 3.11. The van der Waals surface area contributed by atoms with Gasteiger partial charge in [0.05, 0.1) is 13.2 Å². The van der Waals surface area contributed by atoms with Gasteiger partial charge in [-0.2, -0.15) is 4.98 Å². The van der Waals surface area contributed by atoms with Crippen LogP contribution in [0, 0.1) is 0 Å². The predicted molar refractivity (Wildman–Crippen MR) is 53.8 cm³/mol. The van der Waals surface area contributed by atoms with Crippen LogP contribution in [0.2, 0.25) is 0 Å². The van der Waals surface area contributed by atoms with E-state index >= 15 is 0 Å². The molecule has 0 atom stereocenters. The van der Waals surface area contributed by atoms with E-state index < -0.39 is 11.5 Å². The zero-order valence-corrected chi connectivity index (χ0v) is 8.27. The number of allylic oxidation sites excluding steroid dienone is 1. The highest BCUT2D eigenvalue weighted by Gasteiger charge is 2.04. The van der Waals surface area contributed by atoms with Crippen molar-refractivity contribution >= 4 is 5.82 Å². The third-order valence-corrected chi connectivity index (χ3v) is 1.91. The number of nitrogens with zero attached hydrogens (tertiary/aromatic N) is 2. The second-order valence-electron chi connectivity index (χ2n) is 3.11. The number of nitrogen functional groups attached to an aromatic ring is 1. The summed E-state index contributed by atoms with van der Waals surface area (Å²) < 4.78 is 14.3. The monoisotopic (exact) mass is 213 g/mol. The van der Waals surface area contributed by atoms with Crippen LogP contribution in [0.3, 0.4) is 0 Å². The van der Waals surface area contributed by atoms with Crippen molar-refractivity contribution in [2.24, 2.45) is 0 Å². The highest BCUT2D eigenvalue weighted by Crippen LogP contribution is 2.06. The molecule has 0 aliphatic carbocycles. The maximum atomic E-state index is 13.3. The lowest BCUT2D eigenvalue weighted by atomic mass is 10.3. The van der Waals surface area contributed by atoms with Crippen molar-refractivity contribution in [3.63, 3.8) is 0 Å². The zero-order chi connectivity index (χ0) is 11.4. The van der Waals surface area contributed by atoms with E-state index in [1.807, 2.05) is 0 Å². The van der Waals surface area contributed by atoms with E-state index in [0.29, 0.717) is 0 Å². The summed E-state index contributed by atoms with van der Waals surface area (Å²) >= 11 is 0. The Kier molecular flexibility index (Phi) is 3.56. The molecule has 0 aliphatic rings. The summed E-state index contributed by atoms with van der Waals surface area (Å²) in [6.07, 6.45) is 1.36. The van der Waals surface area contributed by atoms with Gasteiger partial charge in [-0.05, 0) is 18.6 Å². The number of nitrogens with two attached hydrogens (primary N) is 1. The highest BCUT2D eigenvalue weighted by molar-refractivity contribution is 5.23. The molecule has 0 aromatic carbocycles. The molecule has 5 nitrogen and oxygen atoms in total. The number of aliphatic hydroxyl groups excluding tert-OH is 1. The molecule has 0 bridgehead atoms. The van der Waals surface area contributed by atoms with E-state index in [-0.39, 0.29) is 24.5 Å². The number of hydrogen-bond donors (Lipinski definition) is 2. The fourth-order valence-electron chi connectivity index (χ4n) is 0.933. The molecule has 6 heteroatoms. The van der Waals surface area contributed by atoms with Crippen LogP contribution in [-0.4, -0.2) is 21.3 Å². The summed E-state index contributed by atoms with van der Waals surface area (Å²) in [6, 6.07) is 1.41. The van der Waals surface area contributed by atoms with Crippen molar-refractivity contribution in [2.45, 2.75) is 13.5 Å². The Balaban J connectivity index is 2.96. The lowest BCUT2D eigenvalue weighted by Crippen LogP contribution is -2.23. The minimum absolute atomic E-state index is 0.0968. The quantitative estimate of drug-likeness (QED) is 0.744. The Labute approximate surface area is 85.7 Å². The molecule has 82 valence electrons. The third-order valence-electron chi connectivity index (χ3n) is 1.91. The Bertz CT molecular complexity index is 439. The van der Waals surface area contributed by atoms with Gasteiger partial charge in [-0.1, -0.05) is 0 Å². The van der Waals surface area contributed by atoms with Gasteiger partial charge in [0.25, 0.3) is 0 Å². The number of aromatic nitrogens is 2. The number of halogens is 1. The van der Waals surface area contributed by atoms with E-state index in [9.17, 15) is 9.18 Å². The molecule has 15 heavy (non-hydrogen) atoms. The Morgan fingerprint density at radius 2 is 2.40 bits per heavy atom. The summed E-state index contributed by atoms with van der Waals surface area (Å²) in [6.45, 7) is 0.840. The first-order valence-corrected chi connectivity index (χ1v) is 4.32. The van der Waals surface area contributed by atoms with Crippen LogP contribution in [0.1, 0.15) is 6.92 Å². The van der Waals surface area contributed by atoms with Crippen LogP contribution in [0.5, 0.6) is 0 Å². The van der Waals surface area contributed by atoms with Gasteiger partial charge in [-0.15, -0.1) is 0 Å². The fourth-order valence-corrected chi connectivity index (χ4v) is 0.933. The SMILES string of the molecule is C/C(CO)=C(\F)Cn1ccc(N)nc1=O. The molecule has 0 saturated carbocycles. The molecule has 0 unspecified atom stereocenters. The molecule has 0 radical (unpaired) electrons. The average molecular weight is 213 g/mol. The number of rotatable bonds is 3. The topological polar surface area (TPSA) is 81.1 Å². The highest BCUT2D eigenvalue weighted by atomic mass is 19.1. The summed E-state index contributed by atoms with van der Waals surface area (Å²) in [5.74, 6) is -0.453. The van der Waals surface area contributed by atoms with Gasteiger partial charge in [0.15, 0.2) is 0 Å². The number of anilines is 1. The number of hydrogen-bond acceptors (Lipinski definition) is 4. The lowest BCUT2D eigenvalue weighted by Gasteiger charge is -2.04. The molecular formula is C9H12FN3O2. The molecule has 0 fully saturated rings. The average Bonchev–Trinajstić information content (AvgIpc) is 2.20. The van der Waals surface area contributed by atoms with E-state index in [4.69, 9.17) is 10.8 Å². The largest absolute Gasteiger partial charge is 0.392 e. The second kappa shape index (κ2) is 4.70. The molecule has 0 amide bonds. The van der Waals surface area contributed by atoms with Gasteiger partial charge in [0.2, 0.25) is 0 Å². The minimum Gasteiger partial charge on any atom is -0.392 e. The molecule has 1 aromatic rings. The van der Waals surface area contributed by atoms with Crippen molar-refractivity contribution in [1.82, 2.24) is 9.55 Å². The lowest BCUT2D eigenvalue weighted by molar-refractivity contribution is 0.324. The maximum absolute atomic E-state index is 13.3. The van der Waals surface area contributed by atoms with Crippen LogP contribution in [0.15, 0.2) is 28.5 Å². The molecule has 0 spiro atoms. The fraction of sp³-hybridized carbons (Fsp3) is 0.333. The Morgan fingerprint density at radius 1 is 1.73 bits per heavy atom. The first kappa shape index (κ1) is 11.4. The summed E-state index contributed by atoms with van der Waals surface area (Å²) in [7, 11) is 0. The van der Waals surface area contributed by atoms with E-state index in [1.165, 1.54) is 19.2 Å². The van der Waals surface area contributed by atoms with E-state index in [2.05, 4.69) is 4.98 Å². The normalized spacial score (nSPS) is 12.5. The van der Waals surface area contributed by atoms with Gasteiger partial charge in [0, 0.05) is 6.20 Å². The van der Waals surface area contributed by atoms with Crippen molar-refractivity contribution in [1.29, 1.82) is 0 Å². The first-order chi connectivity index (χ1) is 7.04. The third kappa shape index (κ3) is 2.88. The van der Waals surface area contributed by atoms with Crippen molar-refractivity contribution < 1.29 is 9.50 Å². The molecule has 3 N–H and O–H groups in total. The standard InChI is InChI=1S/C9H12FN3O2/c1-6(5-14)7(10)4-13-3-2-8(11)12-9(13)15/h2-3,14H,4-5H2,1H3,(H2,11,12,15)/b7-6+. The van der Waals surface area contributed by atoms with E-state index in [1.54, 1.807) is 0 Å². The smallest absolute Gasteiger partial charge is 0.349 e. The molecular weight excluding hydrogens is 201 g/mol. The van der Waals surface area contributed by atoms with Gasteiger partial charge >= 0.3 is 5.69 Å². The van der Waals surface area contributed by atoms with Gasteiger partial charge in [0.1, 0.15) is 11.6 Å². The molecule has 1 rings (SSSR count). The summed E-state index contributed by atoms with van der Waals surface area (Å²) in [4.78, 5) is 14.7. The summed E-state index contributed by atoms with van der Waals surface area (Å²) in [5, 5.41) is 8.68. The predicted octanol–water partition coefficient (Wildman–Crippen LogP) is 0.0613. The van der Waals surface area contributed by atoms with Crippen LogP contribution in [0.25, 0.3) is 0 Å². The Hall–Kier alpha value is -1.69. The van der Waals surface area contributed by atoms with Crippen LogP contribution in [0.4, 0.5) is 10.2 Å². The van der Waals surface area contributed by atoms with Crippen molar-refractivity contribution in [3.05, 3.63) is 34.1 Å². The van der Waals surface area contributed by atoms with E-state index in [0.717, 1.165) is 4.57 Å². The molecule has 1 aromatic heterocycles. The van der Waals surface area contributed by atoms with Gasteiger partial charge < -0.3 is 10.8 Å². The van der Waals surface area contributed by atoms with Crippen molar-refractivity contribution in [2.75, 3.05) is 12.3 Å². The first-order valence-electron chi connectivity index (χ1n) is 4.32. The molecule has 1 heterocycles. The molecule has 0 aliphatic heterocycles. The van der Waals surface area contributed by atoms with Gasteiger partial charge in [-0.3, -0.25) is 4.57 Å².